The van der Waals surface area contributed by atoms with Crippen molar-refractivity contribution in [3.63, 3.8) is 0 Å². The van der Waals surface area contributed by atoms with Gasteiger partial charge in [-0.15, -0.1) is 0 Å². The number of allylic oxidation sites excluding steroid dienone is 1. The zero-order chi connectivity index (χ0) is 28.7. The molecular formula is C29H29ClN4O5S. The van der Waals surface area contributed by atoms with Crippen LogP contribution in [0.3, 0.4) is 0 Å². The van der Waals surface area contributed by atoms with Crippen LogP contribution in [0.15, 0.2) is 62.2 Å². The number of carbonyl (C=O) groups is 1. The molecule has 11 heteroatoms. The number of halogens is 1. The third kappa shape index (κ3) is 4.61. The van der Waals surface area contributed by atoms with Crippen molar-refractivity contribution in [2.75, 3.05) is 13.7 Å². The summed E-state index contributed by atoms with van der Waals surface area (Å²) in [7, 11) is 4.97. The van der Waals surface area contributed by atoms with Crippen molar-refractivity contribution in [2.45, 2.75) is 32.7 Å². The third-order valence-electron chi connectivity index (χ3n) is 6.97. The van der Waals surface area contributed by atoms with Gasteiger partial charge in [-0.05, 0) is 55.3 Å². The van der Waals surface area contributed by atoms with E-state index in [4.69, 9.17) is 26.1 Å². The number of esters is 1. The first-order valence-electron chi connectivity index (χ1n) is 12.9. The zero-order valence-electron chi connectivity index (χ0n) is 22.9. The summed E-state index contributed by atoms with van der Waals surface area (Å²) < 4.78 is 16.2. The van der Waals surface area contributed by atoms with E-state index in [2.05, 4.69) is 0 Å². The van der Waals surface area contributed by atoms with Crippen molar-refractivity contribution in [1.29, 1.82) is 0 Å². The number of imidazole rings is 1. The molecule has 0 unspecified atom stereocenters. The van der Waals surface area contributed by atoms with Gasteiger partial charge in [0.05, 0.1) is 40.6 Å². The minimum Gasteiger partial charge on any atom is -0.496 e. The highest BCUT2D eigenvalue weighted by Gasteiger charge is 2.36. The van der Waals surface area contributed by atoms with Crippen LogP contribution in [0.5, 0.6) is 5.75 Å². The second-order valence-corrected chi connectivity index (χ2v) is 10.9. The summed E-state index contributed by atoms with van der Waals surface area (Å²) in [6.07, 6.45) is 3.05. The Labute approximate surface area is 238 Å². The second-order valence-electron chi connectivity index (χ2n) is 9.45. The van der Waals surface area contributed by atoms with Crippen LogP contribution in [-0.2, 0) is 23.6 Å². The Morgan fingerprint density at radius 2 is 1.85 bits per heavy atom. The molecule has 0 saturated carbocycles. The van der Waals surface area contributed by atoms with Crippen LogP contribution in [-0.4, -0.2) is 33.4 Å². The van der Waals surface area contributed by atoms with Gasteiger partial charge >= 0.3 is 11.7 Å². The van der Waals surface area contributed by atoms with Crippen LogP contribution in [0, 0.1) is 0 Å². The van der Waals surface area contributed by atoms with Crippen molar-refractivity contribution >= 4 is 46.0 Å². The van der Waals surface area contributed by atoms with Gasteiger partial charge in [-0.1, -0.05) is 42.3 Å². The molecule has 0 fully saturated rings. The predicted molar refractivity (Wildman–Crippen MR) is 156 cm³/mol. The van der Waals surface area contributed by atoms with Crippen LogP contribution in [0.25, 0.3) is 17.1 Å². The number of thiazole rings is 1. The number of rotatable bonds is 7. The van der Waals surface area contributed by atoms with Crippen LogP contribution >= 0.6 is 22.9 Å². The molecule has 40 heavy (non-hydrogen) atoms. The first-order chi connectivity index (χ1) is 19.2. The van der Waals surface area contributed by atoms with E-state index in [1.54, 1.807) is 54.4 Å². The van der Waals surface area contributed by atoms with Gasteiger partial charge in [0.15, 0.2) is 4.80 Å². The molecule has 0 aliphatic carbocycles. The van der Waals surface area contributed by atoms with Crippen LogP contribution in [0.2, 0.25) is 5.02 Å². The highest BCUT2D eigenvalue weighted by molar-refractivity contribution is 7.07. The summed E-state index contributed by atoms with van der Waals surface area (Å²) in [4.78, 5) is 45.1. The SMILES string of the molecule is CCCC1=C(C(=O)OCC)[C@H](c2cc(Cl)ccc2OC)n2c(s/c(=C/c3ccc4c(c3)n(C)c(=O)n4C)c2=O)=N1. The van der Waals surface area contributed by atoms with E-state index in [1.807, 2.05) is 25.1 Å². The normalized spacial score (nSPS) is 15.3. The predicted octanol–water partition coefficient (Wildman–Crippen LogP) is 3.43. The summed E-state index contributed by atoms with van der Waals surface area (Å²) in [5.41, 5.74) is 3.30. The first kappa shape index (κ1) is 27.7. The molecule has 2 aromatic carbocycles. The first-order valence-corrected chi connectivity index (χ1v) is 14.1. The van der Waals surface area contributed by atoms with E-state index in [0.29, 0.717) is 43.4 Å². The molecule has 3 heterocycles. The highest BCUT2D eigenvalue weighted by atomic mass is 35.5. The molecule has 1 aliphatic rings. The van der Waals surface area contributed by atoms with E-state index >= 15 is 0 Å². The largest absolute Gasteiger partial charge is 0.496 e. The van der Waals surface area contributed by atoms with E-state index in [1.165, 1.54) is 23.0 Å². The van der Waals surface area contributed by atoms with E-state index in [-0.39, 0.29) is 17.9 Å². The molecule has 5 rings (SSSR count). The molecule has 1 atom stereocenters. The van der Waals surface area contributed by atoms with E-state index in [9.17, 15) is 14.4 Å². The number of ether oxygens (including phenoxy) is 2. The standard InChI is InChI=1S/C29H29ClN4O5S/c1-6-8-19-24(27(36)39-7-2)25(18-15-17(30)10-12-22(18)38-5)34-26(35)23(40-28(34)31-19)14-16-9-11-20-21(13-16)33(4)29(37)32(20)3/h9-15,25H,6-8H2,1-5H3/b23-14+/t25-/m0/s1. The van der Waals surface area contributed by atoms with Gasteiger partial charge in [-0.2, -0.15) is 0 Å². The van der Waals surface area contributed by atoms with Crippen LogP contribution in [0.4, 0.5) is 0 Å². The molecule has 2 aromatic heterocycles. The van der Waals surface area contributed by atoms with Crippen molar-refractivity contribution < 1.29 is 14.3 Å². The molecule has 1 aliphatic heterocycles. The number of carbonyl (C=O) groups excluding carboxylic acids is 1. The Balaban J connectivity index is 1.79. The molecule has 0 spiro atoms. The fourth-order valence-electron chi connectivity index (χ4n) is 5.10. The monoisotopic (exact) mass is 580 g/mol. The lowest BCUT2D eigenvalue weighted by atomic mass is 9.93. The minimum absolute atomic E-state index is 0.128. The van der Waals surface area contributed by atoms with Crippen molar-refractivity contribution in [3.8, 4) is 5.75 Å². The maximum absolute atomic E-state index is 14.0. The number of methoxy groups -OCH3 is 1. The topological polar surface area (TPSA) is 96.8 Å². The highest BCUT2D eigenvalue weighted by Crippen LogP contribution is 2.38. The summed E-state index contributed by atoms with van der Waals surface area (Å²) in [6, 6.07) is 9.88. The van der Waals surface area contributed by atoms with E-state index in [0.717, 1.165) is 23.0 Å². The Morgan fingerprint density at radius 1 is 1.10 bits per heavy atom. The maximum Gasteiger partial charge on any atom is 0.338 e. The van der Waals surface area contributed by atoms with Crippen molar-refractivity contribution in [3.05, 3.63) is 94.0 Å². The number of hydrogen-bond donors (Lipinski definition) is 0. The molecule has 0 amide bonds. The smallest absolute Gasteiger partial charge is 0.338 e. The number of aromatic nitrogens is 3. The molecule has 0 saturated heterocycles. The number of nitrogens with zero attached hydrogens (tertiary/aromatic N) is 4. The number of benzene rings is 2. The fourth-order valence-corrected chi connectivity index (χ4v) is 6.30. The molecule has 208 valence electrons. The molecule has 0 radical (unpaired) electrons. The van der Waals surface area contributed by atoms with E-state index < -0.39 is 12.0 Å². The van der Waals surface area contributed by atoms with Gasteiger partial charge < -0.3 is 9.47 Å². The quantitative estimate of drug-likeness (QED) is 0.312. The summed E-state index contributed by atoms with van der Waals surface area (Å²) in [5, 5.41) is 0.442. The Hall–Kier alpha value is -3.89. The number of hydrogen-bond acceptors (Lipinski definition) is 7. The summed E-state index contributed by atoms with van der Waals surface area (Å²) in [5.74, 6) is -0.0505. The third-order valence-corrected chi connectivity index (χ3v) is 8.19. The average Bonchev–Trinajstić information content (AvgIpc) is 3.35. The Morgan fingerprint density at radius 3 is 2.55 bits per heavy atom. The van der Waals surface area contributed by atoms with Crippen molar-refractivity contribution in [1.82, 2.24) is 13.7 Å². The van der Waals surface area contributed by atoms with Crippen molar-refractivity contribution in [2.24, 2.45) is 19.1 Å². The molecular weight excluding hydrogens is 552 g/mol. The van der Waals surface area contributed by atoms with Gasteiger partial charge in [0.2, 0.25) is 0 Å². The average molecular weight is 581 g/mol. The Kier molecular flexibility index (Phi) is 7.57. The fraction of sp³-hybridized carbons (Fsp3) is 0.310. The minimum atomic E-state index is -0.843. The summed E-state index contributed by atoms with van der Waals surface area (Å²) >= 11 is 7.65. The molecule has 4 aromatic rings. The lowest BCUT2D eigenvalue weighted by Gasteiger charge is -2.27. The lowest BCUT2D eigenvalue weighted by molar-refractivity contribution is -0.139. The maximum atomic E-state index is 14.0. The molecule has 9 nitrogen and oxygen atoms in total. The van der Waals surface area contributed by atoms with Crippen LogP contribution in [0.1, 0.15) is 43.9 Å². The molecule has 0 N–H and O–H groups in total. The second kappa shape index (κ2) is 10.9. The van der Waals surface area contributed by atoms with Gasteiger partial charge in [0.1, 0.15) is 11.8 Å². The lowest BCUT2D eigenvalue weighted by Crippen LogP contribution is -2.40. The molecule has 0 bridgehead atoms. The van der Waals surface area contributed by atoms with Gasteiger partial charge in [-0.3, -0.25) is 18.5 Å². The Bertz CT molecular complexity index is 1930. The number of aryl methyl sites for hydroxylation is 2. The van der Waals surface area contributed by atoms with Gasteiger partial charge in [0.25, 0.3) is 5.56 Å². The summed E-state index contributed by atoms with van der Waals surface area (Å²) in [6.45, 7) is 3.92. The van der Waals surface area contributed by atoms with Crippen LogP contribution < -0.4 is 25.3 Å². The van der Waals surface area contributed by atoms with Gasteiger partial charge in [0, 0.05) is 24.7 Å². The van der Waals surface area contributed by atoms with Gasteiger partial charge in [-0.25, -0.2) is 14.6 Å². The number of fused-ring (bicyclic) bond motifs is 2. The zero-order valence-corrected chi connectivity index (χ0v) is 24.4.